The Morgan fingerprint density at radius 2 is 0.414 bits per heavy atom. The maximum Gasteiger partial charge on any atom is 0.326 e. The lowest BCUT2D eigenvalue weighted by molar-refractivity contribution is -0.144. The number of guanidine groups is 8. The van der Waals surface area contributed by atoms with Crippen LogP contribution < -0.4 is 165 Å². The van der Waals surface area contributed by atoms with E-state index in [0.29, 0.717) is 0 Å². The molecule has 15 amide bonds. The number of aliphatic carboxylic acids is 1. The third kappa shape index (κ3) is 50.4. The van der Waals surface area contributed by atoms with E-state index in [0.717, 1.165) is 16.8 Å². The van der Waals surface area contributed by atoms with Crippen molar-refractivity contribution in [1.82, 2.24) is 106 Å². The topological polar surface area (TPSA) is 1020 Å². The summed E-state index contributed by atoms with van der Waals surface area (Å²) >= 11 is 0. The number of carboxylic acid groups (broad SMARTS) is 1. The number of carbonyl (C=O) groups is 16. The van der Waals surface area contributed by atoms with Gasteiger partial charge in [0.2, 0.25) is 88.6 Å². The van der Waals surface area contributed by atoms with Gasteiger partial charge >= 0.3 is 5.97 Å². The number of carboxylic acids is 1. The summed E-state index contributed by atoms with van der Waals surface area (Å²) in [4.78, 5) is 223. The first-order valence-electron chi connectivity index (χ1n) is 41.0. The molecule has 0 aliphatic carbocycles. The second-order valence-corrected chi connectivity index (χ2v) is 29.7. The summed E-state index contributed by atoms with van der Waals surface area (Å²) in [6.07, 6.45) is -4.92. The fraction of sp³-hybridized carbons (Fsp3) is 0.662. The molecule has 0 rings (SSSR count). The molecular formula is C71H136N40O17. The molecule has 57 nitrogen and oxygen atoms in total. The van der Waals surface area contributed by atoms with Crippen LogP contribution in [0.5, 0.6) is 0 Å². The Morgan fingerprint density at radius 3 is 0.617 bits per heavy atom. The van der Waals surface area contributed by atoms with E-state index in [-0.39, 0.29) is 168 Å². The first kappa shape index (κ1) is 114. The van der Waals surface area contributed by atoms with Gasteiger partial charge in [0.05, 0.1) is 6.04 Å². The highest BCUT2D eigenvalue weighted by molar-refractivity contribution is 6.00. The molecule has 128 heavy (non-hydrogen) atoms. The van der Waals surface area contributed by atoms with Gasteiger partial charge in [-0.25, -0.2) is 4.79 Å². The van der Waals surface area contributed by atoms with Crippen LogP contribution in [0, 0.1) is 43.3 Å². The largest absolute Gasteiger partial charge is 0.480 e. The molecule has 0 aromatic carbocycles. The molecule has 0 saturated heterocycles. The molecule has 51 N–H and O–H groups in total. The van der Waals surface area contributed by atoms with Gasteiger partial charge in [0.15, 0.2) is 47.7 Å². The zero-order valence-corrected chi connectivity index (χ0v) is 72.5. The smallest absolute Gasteiger partial charge is 0.326 e. The maximum absolute atomic E-state index is 15.1. The van der Waals surface area contributed by atoms with E-state index in [1.165, 1.54) is 20.9 Å². The quantitative estimate of drug-likeness (QED) is 0.0153. The first-order chi connectivity index (χ1) is 60.0. The summed E-state index contributed by atoms with van der Waals surface area (Å²) in [5.41, 5.74) is 66.2. The van der Waals surface area contributed by atoms with Gasteiger partial charge in [-0.1, -0.05) is 0 Å². The fourth-order valence-electron chi connectivity index (χ4n) is 11.9. The van der Waals surface area contributed by atoms with Crippen LogP contribution in [0.3, 0.4) is 0 Å². The number of amides is 15. The van der Waals surface area contributed by atoms with Crippen molar-refractivity contribution in [3.63, 3.8) is 0 Å². The summed E-state index contributed by atoms with van der Waals surface area (Å²) in [6, 6.07) is -20.6. The number of rotatable bonds is 66. The third-order valence-electron chi connectivity index (χ3n) is 19.2. The van der Waals surface area contributed by atoms with Gasteiger partial charge in [-0.05, 0) is 136 Å². The summed E-state index contributed by atoms with van der Waals surface area (Å²) in [5, 5.41) is 117. The van der Waals surface area contributed by atoms with E-state index in [1.54, 1.807) is 0 Å². The summed E-state index contributed by atoms with van der Waals surface area (Å²) in [7, 11) is 2.36. The molecule has 57 heteroatoms. The molecule has 0 aromatic rings. The summed E-state index contributed by atoms with van der Waals surface area (Å²) < 4.78 is 0. The van der Waals surface area contributed by atoms with Crippen LogP contribution in [0.4, 0.5) is 0 Å². The Labute approximate surface area is 739 Å². The number of nitrogens with two attached hydrogens (primary N) is 12. The Balaban J connectivity index is 8.05. The second-order valence-electron chi connectivity index (χ2n) is 29.7. The number of hydrogen-bond acceptors (Lipinski definition) is 25. The van der Waals surface area contributed by atoms with E-state index in [9.17, 15) is 67.4 Å². The molecule has 0 bridgehead atoms. The van der Waals surface area contributed by atoms with Crippen LogP contribution in [0.1, 0.15) is 155 Å². The molecule has 13 atom stereocenters. The molecule has 0 aliphatic heterocycles. The van der Waals surface area contributed by atoms with E-state index < -0.39 is 246 Å². The van der Waals surface area contributed by atoms with E-state index in [1.807, 2.05) is 0 Å². The number of likely N-dealkylation sites (N-methyl/N-ethyl adjacent to an activating group) is 2. The Kier molecular flexibility index (Phi) is 54.9. The van der Waals surface area contributed by atoms with Gasteiger partial charge < -0.3 is 179 Å². The van der Waals surface area contributed by atoms with Crippen molar-refractivity contribution in [2.24, 2.45) is 68.8 Å². The number of nitrogens with zero attached hydrogens (tertiary/aromatic N) is 2. The lowest BCUT2D eigenvalue weighted by atomic mass is 10.0. The van der Waals surface area contributed by atoms with Crippen LogP contribution in [-0.2, 0) is 76.7 Å². The van der Waals surface area contributed by atoms with Gasteiger partial charge in [-0.2, -0.15) is 0 Å². The van der Waals surface area contributed by atoms with E-state index >= 15 is 14.4 Å². The van der Waals surface area contributed by atoms with Crippen LogP contribution in [0.25, 0.3) is 0 Å². The van der Waals surface area contributed by atoms with Crippen molar-refractivity contribution in [1.29, 1.82) is 43.3 Å². The summed E-state index contributed by atoms with van der Waals surface area (Å²) in [6.45, 7) is 1.99. The van der Waals surface area contributed by atoms with Crippen LogP contribution >= 0.6 is 0 Å². The molecule has 0 spiro atoms. The highest BCUT2D eigenvalue weighted by atomic mass is 16.4. The minimum atomic E-state index is -1.77. The molecule has 0 heterocycles. The van der Waals surface area contributed by atoms with Gasteiger partial charge in [0.25, 0.3) is 0 Å². The van der Waals surface area contributed by atoms with Crippen molar-refractivity contribution < 1.29 is 81.8 Å². The Bertz CT molecular complexity index is 3820. The Hall–Kier alpha value is -14.4. The third-order valence-corrected chi connectivity index (χ3v) is 19.2. The number of carbonyl (C=O) groups excluding carboxylic acids is 15. The number of nitrogens with one attached hydrogen (secondary N) is 26. The number of hydrogen-bond donors (Lipinski definition) is 39. The van der Waals surface area contributed by atoms with Crippen LogP contribution in [0.2, 0.25) is 0 Å². The zero-order chi connectivity index (χ0) is 97.5. The fourth-order valence-corrected chi connectivity index (χ4v) is 11.9. The Morgan fingerprint density at radius 1 is 0.250 bits per heavy atom. The zero-order valence-electron chi connectivity index (χ0n) is 72.5. The van der Waals surface area contributed by atoms with Gasteiger partial charge in [0.1, 0.15) is 72.5 Å². The highest BCUT2D eigenvalue weighted by Crippen LogP contribution is 2.15. The van der Waals surface area contributed by atoms with Crippen LogP contribution in [0.15, 0.2) is 0 Å². The SMILES string of the molecule is C[C@H](C(=O)N[C@@H](CCC(N)=O)C(=O)N[C@@H](CCCNC(=N)N)C(=O)N[C@@H](CCCNC(=N)N)C(=O)N[C@@H](CCCNC(=N)N)C(=O)N[C@@H](CCCNC(=N)N)C(=O)N[C@@H](CCCNC(=N)N)C(=O)N[C@@H](CCCNC(=N)N)C(=O)N[C@@H](CCCNC(=N)N)C(=O)N[C@@H](CCCNC(=N)N)C(=O)O)N(C)C(=O)[C@H](CCC(N)=O)NC(=O)[C@@H](C)N(C)C(=O)[C@@H](N)CCC(N)=O. The maximum atomic E-state index is 15.1. The lowest BCUT2D eigenvalue weighted by Crippen LogP contribution is -2.61. The van der Waals surface area contributed by atoms with Gasteiger partial charge in [0, 0.05) is 85.7 Å². The van der Waals surface area contributed by atoms with Crippen molar-refractivity contribution >= 4 is 142 Å². The molecule has 722 valence electrons. The molecular weight excluding hydrogens is 1690 g/mol. The minimum absolute atomic E-state index is 0.00458. The molecule has 0 aliphatic rings. The first-order valence-corrected chi connectivity index (χ1v) is 41.0. The minimum Gasteiger partial charge on any atom is -0.480 e. The van der Waals surface area contributed by atoms with E-state index in [4.69, 9.17) is 112 Å². The van der Waals surface area contributed by atoms with Crippen molar-refractivity contribution in [2.75, 3.05) is 66.5 Å². The second kappa shape index (κ2) is 61.9. The predicted octanol–water partition coefficient (Wildman–Crippen LogP) is -14.2. The average Bonchev–Trinajstić information content (AvgIpc) is 0.841. The van der Waals surface area contributed by atoms with Gasteiger partial charge in [-0.15, -0.1) is 0 Å². The van der Waals surface area contributed by atoms with Crippen molar-refractivity contribution in [3.05, 3.63) is 0 Å². The molecule has 0 saturated carbocycles. The molecule has 0 unspecified atom stereocenters. The van der Waals surface area contributed by atoms with Crippen molar-refractivity contribution in [2.45, 2.75) is 234 Å². The predicted molar refractivity (Wildman–Crippen MR) is 468 cm³/mol. The monoisotopic (exact) mass is 1820 g/mol. The molecule has 0 radical (unpaired) electrons. The average molecular weight is 1820 g/mol. The van der Waals surface area contributed by atoms with Crippen molar-refractivity contribution in [3.8, 4) is 0 Å². The van der Waals surface area contributed by atoms with Crippen LogP contribution in [-0.4, -0.2) is 302 Å². The lowest BCUT2D eigenvalue weighted by Gasteiger charge is -2.32. The van der Waals surface area contributed by atoms with Gasteiger partial charge in [-0.3, -0.25) is 115 Å². The normalized spacial score (nSPS) is 13.8. The standard InChI is InChI=1S/C71H136N40O17/c1-35(110(3)61(125)37(72)21-24-48(73)112)52(116)108-46(23-26-50(75)114)62(126)111(4)36(2)51(115)100-45(22-25-49(74)113)60(124)107-43(18-10-32-97-69(86)87)58(122)105-41(16-8-30-95-67(82)83)56(120)103-39(14-6-28-93-65(78)79)54(118)101-38(13-5-27-92-64(76)77)53(117)102-40(15-7-29-94-66(80)81)55(119)104-42(17-9-31-96-68(84)85)57(121)106-44(19-11-33-98-70(88)89)59(123)109-47(63(127)128)20-12-34-99-71(90)91/h35-47H,5-34,72H2,1-4H3,(H2,73,112)(H2,74,113)(H2,75,114)(H,100,115)(H,101,118)(H,102,117)(H,103,120)(H,104,119)(H,105,122)(H,106,121)(H,107,124)(H,108,116)(H,109,123)(H,127,128)(H4,76,77,92)(H4,78,79,93)(H4,80,81,94)(H4,82,83,95)(H4,84,85,96)(H4,86,87,97)(H4,88,89,98)(H4,90,91,99)/t35-,36-,37+,38+,39+,40+,41+,42+,43+,44+,45+,46+,47+/m1/s1. The van der Waals surface area contributed by atoms with E-state index in [2.05, 4.69) is 95.7 Å². The molecule has 0 fully saturated rings. The summed E-state index contributed by atoms with van der Waals surface area (Å²) in [5.74, 6) is -20.2. The molecule has 0 aromatic heterocycles. The highest BCUT2D eigenvalue weighted by Gasteiger charge is 2.39. The number of primary amides is 3.